The van der Waals surface area contributed by atoms with Gasteiger partial charge in [0.05, 0.1) is 0 Å². The second kappa shape index (κ2) is 9.26. The highest BCUT2D eigenvalue weighted by atomic mass is 19.1. The van der Waals surface area contributed by atoms with Gasteiger partial charge >= 0.3 is 6.09 Å². The SMILES string of the molecule is CC1c2cc(Oc3ccccc3-c3cccc(F)c3)ccc2CCC1NC(=O)OC(C)(C)C. The zero-order valence-corrected chi connectivity index (χ0v) is 19.5. The van der Waals surface area contributed by atoms with E-state index < -0.39 is 5.60 Å². The van der Waals surface area contributed by atoms with Crippen molar-refractivity contribution in [3.63, 3.8) is 0 Å². The third-order valence-corrected chi connectivity index (χ3v) is 5.89. The van der Waals surface area contributed by atoms with Crippen LogP contribution in [0.2, 0.25) is 0 Å². The lowest BCUT2D eigenvalue weighted by atomic mass is 9.80. The van der Waals surface area contributed by atoms with Gasteiger partial charge in [0.2, 0.25) is 0 Å². The molecule has 2 unspecified atom stereocenters. The molecule has 5 heteroatoms. The van der Waals surface area contributed by atoms with E-state index in [1.165, 1.54) is 17.7 Å². The zero-order chi connectivity index (χ0) is 23.6. The highest BCUT2D eigenvalue weighted by Gasteiger charge is 2.29. The summed E-state index contributed by atoms with van der Waals surface area (Å²) in [6.07, 6.45) is 1.34. The molecule has 0 aromatic heterocycles. The van der Waals surface area contributed by atoms with Crippen LogP contribution in [0, 0.1) is 5.82 Å². The maximum atomic E-state index is 13.8. The van der Waals surface area contributed by atoms with Gasteiger partial charge in [-0.3, -0.25) is 0 Å². The van der Waals surface area contributed by atoms with Gasteiger partial charge in [0.25, 0.3) is 0 Å². The fourth-order valence-corrected chi connectivity index (χ4v) is 4.30. The molecule has 0 bridgehead atoms. The number of halogens is 1. The first-order valence-electron chi connectivity index (χ1n) is 11.3. The molecule has 0 spiro atoms. The van der Waals surface area contributed by atoms with Gasteiger partial charge in [-0.2, -0.15) is 0 Å². The van der Waals surface area contributed by atoms with Crippen LogP contribution in [-0.2, 0) is 11.2 Å². The summed E-state index contributed by atoms with van der Waals surface area (Å²) in [4.78, 5) is 12.3. The van der Waals surface area contributed by atoms with Gasteiger partial charge in [0.15, 0.2) is 0 Å². The van der Waals surface area contributed by atoms with E-state index in [1.807, 2.05) is 63.2 Å². The first kappa shape index (κ1) is 22.8. The Bertz CT molecular complexity index is 1150. The summed E-state index contributed by atoms with van der Waals surface area (Å²) in [5, 5.41) is 3.03. The Balaban J connectivity index is 1.55. The second-order valence-corrected chi connectivity index (χ2v) is 9.55. The van der Waals surface area contributed by atoms with Crippen LogP contribution in [0.1, 0.15) is 51.2 Å². The summed E-state index contributed by atoms with van der Waals surface area (Å²) in [6, 6.07) is 20.2. The average Bonchev–Trinajstić information content (AvgIpc) is 2.75. The molecule has 172 valence electrons. The Hall–Kier alpha value is -3.34. The molecule has 3 aromatic rings. The third kappa shape index (κ3) is 5.54. The minimum absolute atomic E-state index is 0.0119. The topological polar surface area (TPSA) is 47.6 Å². The zero-order valence-electron chi connectivity index (χ0n) is 19.5. The largest absolute Gasteiger partial charge is 0.457 e. The molecule has 1 aliphatic carbocycles. The monoisotopic (exact) mass is 447 g/mol. The van der Waals surface area contributed by atoms with Gasteiger partial charge in [-0.25, -0.2) is 9.18 Å². The van der Waals surface area contributed by atoms with E-state index in [-0.39, 0.29) is 23.9 Å². The number of ether oxygens (including phenoxy) is 2. The Morgan fingerprint density at radius 1 is 1.03 bits per heavy atom. The van der Waals surface area contributed by atoms with Crippen LogP contribution in [0.4, 0.5) is 9.18 Å². The molecule has 0 fully saturated rings. The number of benzene rings is 3. The van der Waals surface area contributed by atoms with E-state index in [0.717, 1.165) is 29.5 Å². The van der Waals surface area contributed by atoms with Gasteiger partial charge in [0, 0.05) is 17.5 Å². The lowest BCUT2D eigenvalue weighted by Crippen LogP contribution is -2.43. The van der Waals surface area contributed by atoms with E-state index >= 15 is 0 Å². The first-order valence-corrected chi connectivity index (χ1v) is 11.3. The van der Waals surface area contributed by atoms with Gasteiger partial charge in [-0.1, -0.05) is 43.3 Å². The maximum absolute atomic E-state index is 13.8. The lowest BCUT2D eigenvalue weighted by molar-refractivity contribution is 0.0493. The highest BCUT2D eigenvalue weighted by Crippen LogP contribution is 2.38. The Morgan fingerprint density at radius 2 is 1.82 bits per heavy atom. The van der Waals surface area contributed by atoms with Crippen molar-refractivity contribution in [3.8, 4) is 22.6 Å². The molecular formula is C28H30FNO3. The van der Waals surface area contributed by atoms with Crippen molar-refractivity contribution in [2.45, 2.75) is 58.1 Å². The Morgan fingerprint density at radius 3 is 2.58 bits per heavy atom. The van der Waals surface area contributed by atoms with Crippen molar-refractivity contribution in [1.29, 1.82) is 0 Å². The molecule has 1 N–H and O–H groups in total. The highest BCUT2D eigenvalue weighted by molar-refractivity contribution is 5.71. The van der Waals surface area contributed by atoms with Crippen LogP contribution in [-0.4, -0.2) is 17.7 Å². The van der Waals surface area contributed by atoms with Crippen molar-refractivity contribution in [1.82, 2.24) is 5.32 Å². The van der Waals surface area contributed by atoms with Crippen molar-refractivity contribution in [2.24, 2.45) is 0 Å². The van der Waals surface area contributed by atoms with E-state index in [9.17, 15) is 9.18 Å². The average molecular weight is 448 g/mol. The van der Waals surface area contributed by atoms with E-state index in [1.54, 1.807) is 6.07 Å². The number of nitrogens with one attached hydrogen (secondary N) is 1. The smallest absolute Gasteiger partial charge is 0.407 e. The van der Waals surface area contributed by atoms with Gasteiger partial charge in [-0.15, -0.1) is 0 Å². The molecule has 2 atom stereocenters. The predicted octanol–water partition coefficient (Wildman–Crippen LogP) is 7.23. The summed E-state index contributed by atoms with van der Waals surface area (Å²) in [7, 11) is 0. The molecule has 1 amide bonds. The maximum Gasteiger partial charge on any atom is 0.407 e. The standard InChI is InChI=1S/C28H30FNO3/c1-18-24-17-22(14-12-19(24)13-15-25(18)30-27(31)33-28(2,3)4)32-26-11-6-5-10-23(26)20-8-7-9-21(29)16-20/h5-12,14,16-18,25H,13,15H2,1-4H3,(H,30,31). The summed E-state index contributed by atoms with van der Waals surface area (Å²) in [5.41, 5.74) is 3.47. The number of hydrogen-bond donors (Lipinski definition) is 1. The number of aryl methyl sites for hydroxylation is 1. The summed E-state index contributed by atoms with van der Waals surface area (Å²) >= 11 is 0. The number of carbonyl (C=O) groups excluding carboxylic acids is 1. The summed E-state index contributed by atoms with van der Waals surface area (Å²) < 4.78 is 25.5. The number of alkyl carbamates (subject to hydrolysis) is 1. The van der Waals surface area contributed by atoms with E-state index in [4.69, 9.17) is 9.47 Å². The number of amides is 1. The van der Waals surface area contributed by atoms with Gasteiger partial charge < -0.3 is 14.8 Å². The number of fused-ring (bicyclic) bond motifs is 1. The third-order valence-electron chi connectivity index (χ3n) is 5.89. The van der Waals surface area contributed by atoms with Crippen molar-refractivity contribution >= 4 is 6.09 Å². The molecule has 0 aliphatic heterocycles. The molecule has 0 radical (unpaired) electrons. The fourth-order valence-electron chi connectivity index (χ4n) is 4.30. The van der Waals surface area contributed by atoms with Crippen LogP contribution >= 0.6 is 0 Å². The predicted molar refractivity (Wildman–Crippen MR) is 128 cm³/mol. The molecule has 4 rings (SSSR count). The molecule has 0 saturated carbocycles. The molecule has 0 saturated heterocycles. The van der Waals surface area contributed by atoms with Gasteiger partial charge in [0.1, 0.15) is 22.9 Å². The minimum Gasteiger partial charge on any atom is -0.457 e. The summed E-state index contributed by atoms with van der Waals surface area (Å²) in [6.45, 7) is 7.69. The number of carbonyl (C=O) groups is 1. The molecule has 3 aromatic carbocycles. The first-order chi connectivity index (χ1) is 15.7. The van der Waals surface area contributed by atoms with Crippen LogP contribution < -0.4 is 10.1 Å². The van der Waals surface area contributed by atoms with Crippen LogP contribution in [0.15, 0.2) is 66.7 Å². The van der Waals surface area contributed by atoms with Gasteiger partial charge in [-0.05, 0) is 80.6 Å². The van der Waals surface area contributed by atoms with Crippen LogP contribution in [0.25, 0.3) is 11.1 Å². The number of para-hydroxylation sites is 1. The molecular weight excluding hydrogens is 417 g/mol. The Kier molecular flexibility index (Phi) is 6.41. The Labute approximate surface area is 194 Å². The summed E-state index contributed by atoms with van der Waals surface area (Å²) in [5.74, 6) is 1.20. The normalized spacial score (nSPS) is 17.7. The minimum atomic E-state index is -0.532. The molecule has 0 heterocycles. The van der Waals surface area contributed by atoms with Crippen LogP contribution in [0.3, 0.4) is 0 Å². The van der Waals surface area contributed by atoms with Crippen molar-refractivity contribution in [2.75, 3.05) is 0 Å². The quantitative estimate of drug-likeness (QED) is 0.459. The van der Waals surface area contributed by atoms with Crippen molar-refractivity contribution < 1.29 is 18.7 Å². The number of rotatable bonds is 4. The lowest BCUT2D eigenvalue weighted by Gasteiger charge is -2.33. The van der Waals surface area contributed by atoms with Crippen LogP contribution in [0.5, 0.6) is 11.5 Å². The molecule has 4 nitrogen and oxygen atoms in total. The van der Waals surface area contributed by atoms with Crippen molar-refractivity contribution in [3.05, 3.63) is 83.7 Å². The van der Waals surface area contributed by atoms with E-state index in [2.05, 4.69) is 18.3 Å². The second-order valence-electron chi connectivity index (χ2n) is 9.55. The number of hydrogen-bond acceptors (Lipinski definition) is 3. The molecule has 33 heavy (non-hydrogen) atoms. The van der Waals surface area contributed by atoms with E-state index in [0.29, 0.717) is 11.5 Å². The fraction of sp³-hybridized carbons (Fsp3) is 0.321. The molecule has 1 aliphatic rings.